The van der Waals surface area contributed by atoms with Gasteiger partial charge in [0.15, 0.2) is 0 Å². The Kier molecular flexibility index (Phi) is 6.61. The molecule has 0 aliphatic carbocycles. The number of hydrogen-bond donors (Lipinski definition) is 2. The summed E-state index contributed by atoms with van der Waals surface area (Å²) >= 11 is 0. The first-order chi connectivity index (χ1) is 12.7. The van der Waals surface area contributed by atoms with E-state index >= 15 is 0 Å². The summed E-state index contributed by atoms with van der Waals surface area (Å²) in [5, 5.41) is 5.83. The van der Waals surface area contributed by atoms with Crippen LogP contribution in [0.5, 0.6) is 5.75 Å². The quantitative estimate of drug-likeness (QED) is 0.785. The molecule has 0 spiro atoms. The Morgan fingerprint density at radius 2 is 1.67 bits per heavy atom. The smallest absolute Gasteiger partial charge is 0.253 e. The second kappa shape index (κ2) is 8.71. The highest BCUT2D eigenvalue weighted by atomic mass is 16.5. The molecule has 1 atom stereocenters. The normalized spacial score (nSPS) is 12.2. The van der Waals surface area contributed by atoms with Crippen LogP contribution in [0.25, 0.3) is 0 Å². The number of rotatable bonds is 6. The Bertz CT molecular complexity index is 792. The van der Waals surface area contributed by atoms with Gasteiger partial charge in [-0.25, -0.2) is 0 Å². The van der Waals surface area contributed by atoms with Crippen molar-refractivity contribution < 1.29 is 14.3 Å². The first-order valence-corrected chi connectivity index (χ1v) is 9.16. The maximum absolute atomic E-state index is 12.8. The summed E-state index contributed by atoms with van der Waals surface area (Å²) < 4.78 is 5.44. The largest absolute Gasteiger partial charge is 0.494 e. The lowest BCUT2D eigenvalue weighted by atomic mass is 9.95. The zero-order chi connectivity index (χ0) is 20.0. The molecule has 2 N–H and O–H groups in total. The Hall–Kier alpha value is -2.82. The van der Waals surface area contributed by atoms with Crippen LogP contribution in [0.15, 0.2) is 48.5 Å². The molecule has 0 aromatic heterocycles. The van der Waals surface area contributed by atoms with Gasteiger partial charge in [0.2, 0.25) is 5.91 Å². The highest BCUT2D eigenvalue weighted by Crippen LogP contribution is 2.22. The fourth-order valence-electron chi connectivity index (χ4n) is 2.48. The van der Waals surface area contributed by atoms with E-state index in [1.807, 2.05) is 58.9 Å². The van der Waals surface area contributed by atoms with Crippen LogP contribution >= 0.6 is 0 Å². The molecule has 2 aromatic carbocycles. The van der Waals surface area contributed by atoms with Gasteiger partial charge in [0.1, 0.15) is 5.75 Å². The fraction of sp³-hybridized carbons (Fsp3) is 0.364. The Morgan fingerprint density at radius 1 is 1.04 bits per heavy atom. The first kappa shape index (κ1) is 20.5. The van der Waals surface area contributed by atoms with Crippen molar-refractivity contribution in [1.82, 2.24) is 5.32 Å². The molecule has 5 nitrogen and oxygen atoms in total. The average molecular weight is 368 g/mol. The van der Waals surface area contributed by atoms with Crippen molar-refractivity contribution in [3.63, 3.8) is 0 Å². The molecule has 2 aromatic rings. The number of anilines is 1. The highest BCUT2D eigenvalue weighted by Gasteiger charge is 2.23. The van der Waals surface area contributed by atoms with Gasteiger partial charge in [-0.1, -0.05) is 45.0 Å². The molecule has 5 heteroatoms. The van der Waals surface area contributed by atoms with Crippen molar-refractivity contribution in [3.8, 4) is 5.75 Å². The van der Waals surface area contributed by atoms with Gasteiger partial charge < -0.3 is 15.4 Å². The third kappa shape index (κ3) is 5.58. The molecule has 0 aliphatic heterocycles. The summed E-state index contributed by atoms with van der Waals surface area (Å²) in [4.78, 5) is 25.0. The summed E-state index contributed by atoms with van der Waals surface area (Å²) in [6.07, 6.45) is 0. The van der Waals surface area contributed by atoms with Crippen LogP contribution < -0.4 is 15.4 Å². The predicted octanol–water partition coefficient (Wildman–Crippen LogP) is 4.56. The summed E-state index contributed by atoms with van der Waals surface area (Å²) in [6, 6.07) is 14.5. The van der Waals surface area contributed by atoms with Gasteiger partial charge in [0.25, 0.3) is 5.91 Å². The minimum absolute atomic E-state index is 0.137. The van der Waals surface area contributed by atoms with Gasteiger partial charge in [0, 0.05) is 5.41 Å². The molecule has 0 fully saturated rings. The number of amides is 2. The van der Waals surface area contributed by atoms with Crippen LogP contribution in [-0.4, -0.2) is 18.4 Å². The number of nitrogens with one attached hydrogen (secondary N) is 2. The van der Waals surface area contributed by atoms with Gasteiger partial charge >= 0.3 is 0 Å². The SMILES string of the molecule is CCOc1ccc(C(C)NC(=O)c2ccccc2NC(=O)C(C)(C)C)cc1. The molecule has 0 bridgehead atoms. The van der Waals surface area contributed by atoms with Gasteiger partial charge in [-0.05, 0) is 43.7 Å². The summed E-state index contributed by atoms with van der Waals surface area (Å²) in [5.74, 6) is 0.429. The third-order valence-electron chi connectivity index (χ3n) is 4.14. The number of carbonyl (C=O) groups excluding carboxylic acids is 2. The van der Waals surface area contributed by atoms with Crippen LogP contribution in [0.3, 0.4) is 0 Å². The molecule has 2 amide bonds. The summed E-state index contributed by atoms with van der Waals surface area (Å²) in [7, 11) is 0. The van der Waals surface area contributed by atoms with E-state index < -0.39 is 5.41 Å². The van der Waals surface area contributed by atoms with Crippen molar-refractivity contribution >= 4 is 17.5 Å². The van der Waals surface area contributed by atoms with E-state index in [0.717, 1.165) is 11.3 Å². The average Bonchev–Trinajstić information content (AvgIpc) is 2.62. The molecule has 144 valence electrons. The van der Waals surface area contributed by atoms with Crippen LogP contribution in [0.4, 0.5) is 5.69 Å². The number of para-hydroxylation sites is 1. The third-order valence-corrected chi connectivity index (χ3v) is 4.14. The lowest BCUT2D eigenvalue weighted by Gasteiger charge is -2.20. The van der Waals surface area contributed by atoms with Gasteiger partial charge in [-0.15, -0.1) is 0 Å². The van der Waals surface area contributed by atoms with Crippen LogP contribution in [0, 0.1) is 5.41 Å². The number of hydrogen-bond acceptors (Lipinski definition) is 3. The Morgan fingerprint density at radius 3 is 2.26 bits per heavy atom. The minimum Gasteiger partial charge on any atom is -0.494 e. The van der Waals surface area contributed by atoms with Crippen molar-refractivity contribution in [1.29, 1.82) is 0 Å². The van der Waals surface area contributed by atoms with Crippen molar-refractivity contribution in [2.45, 2.75) is 40.7 Å². The molecule has 0 radical (unpaired) electrons. The first-order valence-electron chi connectivity index (χ1n) is 9.16. The molecule has 0 saturated carbocycles. The maximum Gasteiger partial charge on any atom is 0.253 e. The molecule has 2 rings (SSSR count). The highest BCUT2D eigenvalue weighted by molar-refractivity contribution is 6.04. The van der Waals surface area contributed by atoms with Gasteiger partial charge in [-0.3, -0.25) is 9.59 Å². The maximum atomic E-state index is 12.8. The minimum atomic E-state index is -0.542. The van der Waals surface area contributed by atoms with Gasteiger partial charge in [0.05, 0.1) is 23.9 Å². The topological polar surface area (TPSA) is 67.4 Å². The van der Waals surface area contributed by atoms with E-state index in [2.05, 4.69) is 10.6 Å². The molecule has 0 saturated heterocycles. The van der Waals surface area contributed by atoms with Crippen LogP contribution in [-0.2, 0) is 4.79 Å². The lowest BCUT2D eigenvalue weighted by molar-refractivity contribution is -0.123. The zero-order valence-electron chi connectivity index (χ0n) is 16.6. The predicted molar refractivity (Wildman–Crippen MR) is 108 cm³/mol. The number of benzene rings is 2. The van der Waals surface area contributed by atoms with Crippen LogP contribution in [0.1, 0.15) is 56.6 Å². The van der Waals surface area contributed by atoms with Crippen LogP contribution in [0.2, 0.25) is 0 Å². The van der Waals surface area contributed by atoms with Crippen molar-refractivity contribution in [2.75, 3.05) is 11.9 Å². The van der Waals surface area contributed by atoms with E-state index in [1.165, 1.54) is 0 Å². The molecular formula is C22H28N2O3. The fourth-order valence-corrected chi connectivity index (χ4v) is 2.48. The molecule has 27 heavy (non-hydrogen) atoms. The molecule has 1 unspecified atom stereocenters. The molecular weight excluding hydrogens is 340 g/mol. The van der Waals surface area contributed by atoms with E-state index in [0.29, 0.717) is 17.9 Å². The Labute approximate surface area is 161 Å². The monoisotopic (exact) mass is 368 g/mol. The Balaban J connectivity index is 2.12. The summed E-state index contributed by atoms with van der Waals surface area (Å²) in [5.41, 5.74) is 1.38. The van der Waals surface area contributed by atoms with E-state index in [9.17, 15) is 9.59 Å². The second-order valence-electron chi connectivity index (χ2n) is 7.45. The second-order valence-corrected chi connectivity index (χ2v) is 7.45. The number of carbonyl (C=O) groups is 2. The van der Waals surface area contributed by atoms with E-state index in [-0.39, 0.29) is 17.9 Å². The molecule has 0 aliphatic rings. The standard InChI is InChI=1S/C22H28N2O3/c1-6-27-17-13-11-16(12-14-17)15(2)23-20(25)18-9-7-8-10-19(18)24-21(26)22(3,4)5/h7-15H,6H2,1-5H3,(H,23,25)(H,24,26). The van der Waals surface area contributed by atoms with E-state index in [1.54, 1.807) is 24.3 Å². The zero-order valence-corrected chi connectivity index (χ0v) is 16.6. The molecule has 0 heterocycles. The van der Waals surface area contributed by atoms with Gasteiger partial charge in [-0.2, -0.15) is 0 Å². The van der Waals surface area contributed by atoms with Crippen molar-refractivity contribution in [2.24, 2.45) is 5.41 Å². The van der Waals surface area contributed by atoms with Crippen molar-refractivity contribution in [3.05, 3.63) is 59.7 Å². The number of ether oxygens (including phenoxy) is 1. The lowest BCUT2D eigenvalue weighted by Crippen LogP contribution is -2.31. The van der Waals surface area contributed by atoms with E-state index in [4.69, 9.17) is 4.74 Å². The summed E-state index contributed by atoms with van der Waals surface area (Å²) in [6.45, 7) is 9.97.